The zero-order valence-electron chi connectivity index (χ0n) is 12.5. The van der Waals surface area contributed by atoms with Crippen LogP contribution in [0, 0.1) is 5.92 Å². The van der Waals surface area contributed by atoms with E-state index in [-0.39, 0.29) is 17.2 Å². The summed E-state index contributed by atoms with van der Waals surface area (Å²) >= 11 is 0. The molecule has 0 spiro atoms. The number of nitrogens with zero attached hydrogens (tertiary/aromatic N) is 1. The van der Waals surface area contributed by atoms with Gasteiger partial charge in [-0.3, -0.25) is 4.79 Å². The van der Waals surface area contributed by atoms with Gasteiger partial charge in [0.15, 0.2) is 0 Å². The van der Waals surface area contributed by atoms with Crippen molar-refractivity contribution in [3.8, 4) is 0 Å². The molecule has 1 atom stereocenters. The number of alkyl halides is 3. The van der Waals surface area contributed by atoms with Crippen molar-refractivity contribution in [2.45, 2.75) is 33.4 Å². The van der Waals surface area contributed by atoms with E-state index in [0.29, 0.717) is 13.1 Å². The number of hydrogen-bond acceptors (Lipinski definition) is 2. The van der Waals surface area contributed by atoms with Crippen LogP contribution in [0.5, 0.6) is 0 Å². The molecule has 0 aliphatic heterocycles. The van der Waals surface area contributed by atoms with Crippen LogP contribution in [0.4, 0.5) is 18.9 Å². The molecule has 0 aromatic heterocycles. The van der Waals surface area contributed by atoms with E-state index < -0.39 is 17.6 Å². The molecule has 0 fully saturated rings. The monoisotopic (exact) mass is 302 g/mol. The average molecular weight is 302 g/mol. The number of hydrogen-bond donors (Lipinski definition) is 1. The minimum Gasteiger partial charge on any atom is -0.398 e. The van der Waals surface area contributed by atoms with Crippen molar-refractivity contribution in [2.24, 2.45) is 5.92 Å². The molecule has 21 heavy (non-hydrogen) atoms. The summed E-state index contributed by atoms with van der Waals surface area (Å²) in [5.41, 5.74) is 4.79. The molecule has 1 unspecified atom stereocenters. The topological polar surface area (TPSA) is 46.3 Å². The third-order valence-electron chi connectivity index (χ3n) is 3.51. The molecule has 1 aromatic carbocycles. The minimum atomic E-state index is -4.49. The van der Waals surface area contributed by atoms with Gasteiger partial charge in [-0.1, -0.05) is 20.3 Å². The fraction of sp³-hybridized carbons (Fsp3) is 0.533. The Labute approximate surface area is 122 Å². The molecule has 0 saturated carbocycles. The highest BCUT2D eigenvalue weighted by Crippen LogP contribution is 2.31. The van der Waals surface area contributed by atoms with E-state index in [1.807, 2.05) is 13.8 Å². The second kappa shape index (κ2) is 6.83. The number of anilines is 1. The maximum absolute atomic E-state index is 12.7. The lowest BCUT2D eigenvalue weighted by Crippen LogP contribution is -2.35. The Balaban J connectivity index is 3.10. The molecule has 6 heteroatoms. The number of halogens is 3. The number of amides is 1. The normalized spacial score (nSPS) is 13.0. The summed E-state index contributed by atoms with van der Waals surface area (Å²) in [5.74, 6) is -0.178. The van der Waals surface area contributed by atoms with Gasteiger partial charge in [-0.15, -0.1) is 0 Å². The van der Waals surface area contributed by atoms with Gasteiger partial charge in [0.2, 0.25) is 0 Å². The molecule has 1 aromatic rings. The Morgan fingerprint density at radius 1 is 1.33 bits per heavy atom. The van der Waals surface area contributed by atoms with Gasteiger partial charge in [0, 0.05) is 18.8 Å². The lowest BCUT2D eigenvalue weighted by molar-refractivity contribution is -0.137. The van der Waals surface area contributed by atoms with E-state index in [0.717, 1.165) is 24.6 Å². The summed E-state index contributed by atoms with van der Waals surface area (Å²) in [6, 6.07) is 2.85. The summed E-state index contributed by atoms with van der Waals surface area (Å²) in [6.45, 7) is 6.72. The Morgan fingerprint density at radius 2 is 1.95 bits per heavy atom. The molecule has 1 rings (SSSR count). The quantitative estimate of drug-likeness (QED) is 0.841. The van der Waals surface area contributed by atoms with Crippen LogP contribution in [-0.4, -0.2) is 23.9 Å². The van der Waals surface area contributed by atoms with Crippen molar-refractivity contribution in [3.63, 3.8) is 0 Å². The SMILES string of the molecule is CCC(C)CN(CC)C(=O)c1cc(C(F)(F)F)ccc1N. The maximum Gasteiger partial charge on any atom is 0.416 e. The van der Waals surface area contributed by atoms with Gasteiger partial charge in [0.1, 0.15) is 0 Å². The van der Waals surface area contributed by atoms with E-state index in [1.54, 1.807) is 6.92 Å². The van der Waals surface area contributed by atoms with Crippen LogP contribution in [0.25, 0.3) is 0 Å². The first kappa shape index (κ1) is 17.3. The molecule has 0 radical (unpaired) electrons. The smallest absolute Gasteiger partial charge is 0.398 e. The molecule has 0 saturated heterocycles. The Bertz CT molecular complexity index is 500. The van der Waals surface area contributed by atoms with Gasteiger partial charge >= 0.3 is 6.18 Å². The van der Waals surface area contributed by atoms with Gasteiger partial charge < -0.3 is 10.6 Å². The maximum atomic E-state index is 12.7. The number of carbonyl (C=O) groups is 1. The molecule has 2 N–H and O–H groups in total. The standard InChI is InChI=1S/C15H21F3N2O/c1-4-10(3)9-20(5-2)14(21)12-8-11(15(16,17)18)6-7-13(12)19/h6-8,10H,4-5,9,19H2,1-3H3. The highest BCUT2D eigenvalue weighted by atomic mass is 19.4. The predicted molar refractivity (Wildman–Crippen MR) is 76.9 cm³/mol. The van der Waals surface area contributed by atoms with E-state index in [9.17, 15) is 18.0 Å². The molecular weight excluding hydrogens is 281 g/mol. The number of nitrogens with two attached hydrogens (primary N) is 1. The van der Waals surface area contributed by atoms with Crippen molar-refractivity contribution in [1.29, 1.82) is 0 Å². The van der Waals surface area contributed by atoms with Gasteiger partial charge in [-0.2, -0.15) is 13.2 Å². The largest absolute Gasteiger partial charge is 0.416 e. The van der Waals surface area contributed by atoms with E-state index in [2.05, 4.69) is 0 Å². The lowest BCUT2D eigenvalue weighted by atomic mass is 10.0. The third kappa shape index (κ3) is 4.37. The van der Waals surface area contributed by atoms with Crippen LogP contribution in [0.15, 0.2) is 18.2 Å². The zero-order valence-corrected chi connectivity index (χ0v) is 12.5. The summed E-state index contributed by atoms with van der Waals surface area (Å²) in [7, 11) is 0. The number of rotatable bonds is 5. The second-order valence-electron chi connectivity index (χ2n) is 5.16. The van der Waals surface area contributed by atoms with Crippen LogP contribution in [0.1, 0.15) is 43.1 Å². The molecule has 1 amide bonds. The minimum absolute atomic E-state index is 0.0654. The predicted octanol–water partition coefficient (Wildman–Crippen LogP) is 3.80. The summed E-state index contributed by atoms with van der Waals surface area (Å²) in [5, 5.41) is 0. The molecule has 0 aliphatic rings. The number of benzene rings is 1. The lowest BCUT2D eigenvalue weighted by Gasteiger charge is -2.25. The van der Waals surface area contributed by atoms with E-state index >= 15 is 0 Å². The molecule has 3 nitrogen and oxygen atoms in total. The molecule has 0 aliphatic carbocycles. The highest BCUT2D eigenvalue weighted by Gasteiger charge is 2.32. The third-order valence-corrected chi connectivity index (χ3v) is 3.51. The molecular formula is C15H21F3N2O. The van der Waals surface area contributed by atoms with Gasteiger partial charge in [0.25, 0.3) is 5.91 Å². The fourth-order valence-electron chi connectivity index (χ4n) is 1.95. The Kier molecular flexibility index (Phi) is 5.63. The van der Waals surface area contributed by atoms with Crippen molar-refractivity contribution in [3.05, 3.63) is 29.3 Å². The first-order chi connectivity index (χ1) is 9.70. The van der Waals surface area contributed by atoms with E-state index in [1.165, 1.54) is 4.90 Å². The van der Waals surface area contributed by atoms with Gasteiger partial charge in [0.05, 0.1) is 11.1 Å². The van der Waals surface area contributed by atoms with Gasteiger partial charge in [-0.05, 0) is 31.0 Å². The Morgan fingerprint density at radius 3 is 2.43 bits per heavy atom. The Hall–Kier alpha value is -1.72. The van der Waals surface area contributed by atoms with Crippen LogP contribution in [-0.2, 0) is 6.18 Å². The summed E-state index contributed by atoms with van der Waals surface area (Å²) in [4.78, 5) is 13.9. The van der Waals surface area contributed by atoms with Crippen LogP contribution < -0.4 is 5.73 Å². The highest BCUT2D eigenvalue weighted by molar-refractivity contribution is 5.99. The molecule has 118 valence electrons. The molecule has 0 heterocycles. The van der Waals surface area contributed by atoms with Crippen LogP contribution in [0.2, 0.25) is 0 Å². The van der Waals surface area contributed by atoms with Crippen molar-refractivity contribution in [1.82, 2.24) is 4.90 Å². The van der Waals surface area contributed by atoms with Crippen molar-refractivity contribution < 1.29 is 18.0 Å². The van der Waals surface area contributed by atoms with Crippen LogP contribution in [0.3, 0.4) is 0 Å². The average Bonchev–Trinajstić information content (AvgIpc) is 2.42. The first-order valence-electron chi connectivity index (χ1n) is 6.96. The molecule has 0 bridgehead atoms. The summed E-state index contributed by atoms with van der Waals surface area (Å²) in [6.07, 6.45) is -3.60. The van der Waals surface area contributed by atoms with Crippen molar-refractivity contribution in [2.75, 3.05) is 18.8 Å². The first-order valence-corrected chi connectivity index (χ1v) is 6.96. The second-order valence-corrected chi connectivity index (χ2v) is 5.16. The van der Waals surface area contributed by atoms with E-state index in [4.69, 9.17) is 5.73 Å². The van der Waals surface area contributed by atoms with Crippen molar-refractivity contribution >= 4 is 11.6 Å². The number of carbonyl (C=O) groups excluding carboxylic acids is 1. The van der Waals surface area contributed by atoms with Gasteiger partial charge in [-0.25, -0.2) is 0 Å². The summed E-state index contributed by atoms with van der Waals surface area (Å²) < 4.78 is 38.2. The van der Waals surface area contributed by atoms with Crippen LogP contribution >= 0.6 is 0 Å². The zero-order chi connectivity index (χ0) is 16.2. The fourth-order valence-corrected chi connectivity index (χ4v) is 1.95. The number of nitrogen functional groups attached to an aromatic ring is 1.